The first kappa shape index (κ1) is 22.9. The average molecular weight is 465 g/mol. The molecule has 0 fully saturated rings. The molecule has 0 radical (unpaired) electrons. The molecule has 3 aromatic rings. The number of amides is 1. The fraction of sp³-hybridized carbons (Fsp3) is 0.269. The van der Waals surface area contributed by atoms with Crippen LogP contribution in [0.3, 0.4) is 0 Å². The standard InChI is InChI=1S/C26H28N2O4S/c1-19(21-12-11-20-7-6-8-22(20)17-21)27-26(29)18-28(23-13-15-24(32-2)16-14-23)33(30,31)25-9-4-3-5-10-25/h3-5,9-17,19H,6-8,18H2,1-2H3,(H,27,29). The summed E-state index contributed by atoms with van der Waals surface area (Å²) in [5.41, 5.74) is 4.11. The molecule has 7 heteroatoms. The van der Waals surface area contributed by atoms with Gasteiger partial charge < -0.3 is 10.1 Å². The van der Waals surface area contributed by atoms with Gasteiger partial charge >= 0.3 is 0 Å². The first-order valence-electron chi connectivity index (χ1n) is 11.0. The summed E-state index contributed by atoms with van der Waals surface area (Å²) in [6, 6.07) is 20.8. The second kappa shape index (κ2) is 9.67. The molecule has 0 aliphatic heterocycles. The number of nitrogens with one attached hydrogen (secondary N) is 1. The summed E-state index contributed by atoms with van der Waals surface area (Å²) >= 11 is 0. The van der Waals surface area contributed by atoms with Gasteiger partial charge in [0.25, 0.3) is 10.0 Å². The molecule has 0 aromatic heterocycles. The second-order valence-electron chi connectivity index (χ2n) is 8.19. The van der Waals surface area contributed by atoms with Gasteiger partial charge in [0.05, 0.1) is 23.7 Å². The third-order valence-corrected chi connectivity index (χ3v) is 7.77. The van der Waals surface area contributed by atoms with Crippen LogP contribution in [-0.4, -0.2) is 28.0 Å². The van der Waals surface area contributed by atoms with Crippen molar-refractivity contribution in [1.29, 1.82) is 0 Å². The van der Waals surface area contributed by atoms with Crippen molar-refractivity contribution in [3.05, 3.63) is 89.5 Å². The van der Waals surface area contributed by atoms with E-state index < -0.39 is 10.0 Å². The molecule has 6 nitrogen and oxygen atoms in total. The van der Waals surface area contributed by atoms with Crippen molar-refractivity contribution in [2.75, 3.05) is 18.0 Å². The molecule has 0 saturated carbocycles. The van der Waals surface area contributed by atoms with Gasteiger partial charge in [0.2, 0.25) is 5.91 Å². The summed E-state index contributed by atoms with van der Waals surface area (Å²) < 4.78 is 33.2. The van der Waals surface area contributed by atoms with Crippen molar-refractivity contribution >= 4 is 21.6 Å². The Morgan fingerprint density at radius 1 is 1.00 bits per heavy atom. The lowest BCUT2D eigenvalue weighted by Gasteiger charge is -2.25. The van der Waals surface area contributed by atoms with Gasteiger partial charge in [0.15, 0.2) is 0 Å². The van der Waals surface area contributed by atoms with Gasteiger partial charge in [-0.2, -0.15) is 0 Å². The minimum Gasteiger partial charge on any atom is -0.497 e. The SMILES string of the molecule is COc1ccc(N(CC(=O)NC(C)c2ccc3c(c2)CCC3)S(=O)(=O)c2ccccc2)cc1. The molecule has 1 amide bonds. The average Bonchev–Trinajstić information content (AvgIpc) is 3.31. The minimum absolute atomic E-state index is 0.125. The number of ether oxygens (including phenoxy) is 1. The topological polar surface area (TPSA) is 75.7 Å². The molecule has 1 N–H and O–H groups in total. The van der Waals surface area contributed by atoms with Gasteiger partial charge in [-0.3, -0.25) is 9.10 Å². The quantitative estimate of drug-likeness (QED) is 0.541. The van der Waals surface area contributed by atoms with Crippen LogP contribution in [0.15, 0.2) is 77.7 Å². The molecule has 1 unspecified atom stereocenters. The van der Waals surface area contributed by atoms with E-state index in [1.165, 1.54) is 23.3 Å². The molecule has 1 aliphatic rings. The monoisotopic (exact) mass is 464 g/mol. The Balaban J connectivity index is 1.57. The van der Waals surface area contributed by atoms with Crippen molar-refractivity contribution in [1.82, 2.24) is 5.32 Å². The van der Waals surface area contributed by atoms with E-state index in [0.29, 0.717) is 11.4 Å². The highest BCUT2D eigenvalue weighted by Gasteiger charge is 2.27. The number of nitrogens with zero attached hydrogens (tertiary/aromatic N) is 1. The van der Waals surface area contributed by atoms with Crippen LogP contribution in [0.5, 0.6) is 5.75 Å². The molecular formula is C26H28N2O4S. The third kappa shape index (κ3) is 5.03. The van der Waals surface area contributed by atoms with Gasteiger partial charge in [-0.1, -0.05) is 36.4 Å². The van der Waals surface area contributed by atoms with E-state index in [4.69, 9.17) is 4.74 Å². The summed E-state index contributed by atoms with van der Waals surface area (Å²) in [5.74, 6) is 0.226. The van der Waals surface area contributed by atoms with Crippen LogP contribution in [0, 0.1) is 0 Å². The predicted molar refractivity (Wildman–Crippen MR) is 129 cm³/mol. The zero-order chi connectivity index (χ0) is 23.4. The van der Waals surface area contributed by atoms with E-state index in [1.807, 2.05) is 13.0 Å². The molecule has 0 saturated heterocycles. The van der Waals surface area contributed by atoms with Crippen molar-refractivity contribution in [3.8, 4) is 5.75 Å². The molecule has 1 atom stereocenters. The summed E-state index contributed by atoms with van der Waals surface area (Å²) in [4.78, 5) is 13.1. The molecule has 0 heterocycles. The third-order valence-electron chi connectivity index (χ3n) is 5.98. The number of sulfonamides is 1. The van der Waals surface area contributed by atoms with E-state index >= 15 is 0 Å². The summed E-state index contributed by atoms with van der Waals surface area (Å²) in [6.45, 7) is 1.58. The number of carbonyl (C=O) groups excluding carboxylic acids is 1. The Morgan fingerprint density at radius 2 is 1.70 bits per heavy atom. The normalized spacial score (nSPS) is 13.8. The summed E-state index contributed by atoms with van der Waals surface area (Å²) in [7, 11) is -2.40. The van der Waals surface area contributed by atoms with E-state index in [0.717, 1.165) is 29.1 Å². The maximum atomic E-state index is 13.4. The Kier molecular flexibility index (Phi) is 6.70. The van der Waals surface area contributed by atoms with Crippen molar-refractivity contribution < 1.29 is 17.9 Å². The number of rotatable bonds is 8. The summed E-state index contributed by atoms with van der Waals surface area (Å²) in [5, 5.41) is 2.96. The van der Waals surface area contributed by atoms with Crippen LogP contribution in [0.25, 0.3) is 0 Å². The lowest BCUT2D eigenvalue weighted by Crippen LogP contribution is -2.41. The lowest BCUT2D eigenvalue weighted by molar-refractivity contribution is -0.120. The van der Waals surface area contributed by atoms with Crippen LogP contribution in [0.1, 0.15) is 36.1 Å². The van der Waals surface area contributed by atoms with Crippen LogP contribution in [-0.2, 0) is 27.7 Å². The molecule has 0 spiro atoms. The Bertz CT molecular complexity index is 1220. The minimum atomic E-state index is -3.95. The number of fused-ring (bicyclic) bond motifs is 1. The van der Waals surface area contributed by atoms with Crippen LogP contribution < -0.4 is 14.4 Å². The van der Waals surface area contributed by atoms with E-state index in [-0.39, 0.29) is 23.4 Å². The van der Waals surface area contributed by atoms with Gasteiger partial charge in [-0.25, -0.2) is 8.42 Å². The van der Waals surface area contributed by atoms with E-state index in [9.17, 15) is 13.2 Å². The highest BCUT2D eigenvalue weighted by atomic mass is 32.2. The highest BCUT2D eigenvalue weighted by molar-refractivity contribution is 7.92. The first-order valence-corrected chi connectivity index (χ1v) is 12.5. The van der Waals surface area contributed by atoms with Gasteiger partial charge in [-0.05, 0) is 79.3 Å². The molecule has 1 aliphatic carbocycles. The Morgan fingerprint density at radius 3 is 2.39 bits per heavy atom. The zero-order valence-corrected chi connectivity index (χ0v) is 19.6. The van der Waals surface area contributed by atoms with Crippen molar-refractivity contribution in [2.24, 2.45) is 0 Å². The highest BCUT2D eigenvalue weighted by Crippen LogP contribution is 2.27. The smallest absolute Gasteiger partial charge is 0.264 e. The van der Waals surface area contributed by atoms with Crippen LogP contribution in [0.4, 0.5) is 5.69 Å². The van der Waals surface area contributed by atoms with E-state index in [1.54, 1.807) is 49.6 Å². The molecule has 0 bridgehead atoms. The van der Waals surface area contributed by atoms with Crippen LogP contribution in [0.2, 0.25) is 0 Å². The zero-order valence-electron chi connectivity index (χ0n) is 18.8. The molecule has 4 rings (SSSR count). The molecule has 33 heavy (non-hydrogen) atoms. The maximum Gasteiger partial charge on any atom is 0.264 e. The fourth-order valence-corrected chi connectivity index (χ4v) is 5.59. The maximum absolute atomic E-state index is 13.4. The first-order chi connectivity index (χ1) is 15.9. The van der Waals surface area contributed by atoms with Crippen molar-refractivity contribution in [3.63, 3.8) is 0 Å². The number of hydrogen-bond acceptors (Lipinski definition) is 4. The molecule has 172 valence electrons. The van der Waals surface area contributed by atoms with Crippen LogP contribution >= 0.6 is 0 Å². The molecular weight excluding hydrogens is 436 g/mol. The largest absolute Gasteiger partial charge is 0.497 e. The number of aryl methyl sites for hydroxylation is 2. The fourth-order valence-electron chi connectivity index (χ4n) is 4.15. The lowest BCUT2D eigenvalue weighted by atomic mass is 10.0. The predicted octanol–water partition coefficient (Wildman–Crippen LogP) is 4.26. The number of benzene rings is 3. The second-order valence-corrected chi connectivity index (χ2v) is 10.1. The number of anilines is 1. The number of methoxy groups -OCH3 is 1. The Hall–Kier alpha value is -3.32. The Labute approximate surface area is 195 Å². The molecule has 3 aromatic carbocycles. The van der Waals surface area contributed by atoms with E-state index in [2.05, 4.69) is 17.4 Å². The van der Waals surface area contributed by atoms with Gasteiger partial charge in [0.1, 0.15) is 12.3 Å². The van der Waals surface area contributed by atoms with Gasteiger partial charge in [0, 0.05) is 0 Å². The summed E-state index contributed by atoms with van der Waals surface area (Å²) in [6.07, 6.45) is 3.32. The van der Waals surface area contributed by atoms with Crippen molar-refractivity contribution in [2.45, 2.75) is 37.1 Å². The number of carbonyl (C=O) groups is 1. The number of hydrogen-bond donors (Lipinski definition) is 1. The van der Waals surface area contributed by atoms with Gasteiger partial charge in [-0.15, -0.1) is 0 Å².